The molecule has 13 aromatic rings. The van der Waals surface area contributed by atoms with Crippen molar-refractivity contribution < 1.29 is 0 Å². The van der Waals surface area contributed by atoms with Gasteiger partial charge in [-0.3, -0.25) is 0 Å². The molecule has 14 rings (SSSR count). The molecule has 0 bridgehead atoms. The molecule has 0 aliphatic heterocycles. The van der Waals surface area contributed by atoms with E-state index in [-0.39, 0.29) is 0 Å². The van der Waals surface area contributed by atoms with Crippen LogP contribution in [0.4, 0.5) is 0 Å². The van der Waals surface area contributed by atoms with Crippen LogP contribution in [0.2, 0.25) is 0 Å². The van der Waals surface area contributed by atoms with Gasteiger partial charge in [0.2, 0.25) is 0 Å². The molecule has 63 heavy (non-hydrogen) atoms. The lowest BCUT2D eigenvalue weighted by Gasteiger charge is -2.22. The van der Waals surface area contributed by atoms with Gasteiger partial charge in [0.05, 0.1) is 0 Å². The van der Waals surface area contributed by atoms with Crippen LogP contribution in [-0.4, -0.2) is 0 Å². The lowest BCUT2D eigenvalue weighted by atomic mass is 9.81. The molecular formula is C62H36S. The molecule has 0 N–H and O–H groups in total. The minimum absolute atomic E-state index is 1.24. The Hall–Kier alpha value is -7.84. The SMILES string of the molecule is c1ccc2c(-c3cc(-c4ccc5c6c(cccc46)-c4c-5c(-c5cccc6ccccc56)c5ccccc5c4-c4cccc5ccccc45)c4sc5ccccc5c4c3)cccc2c1. The normalized spacial score (nSPS) is 12.1. The summed E-state index contributed by atoms with van der Waals surface area (Å²) in [6.07, 6.45) is 0. The summed E-state index contributed by atoms with van der Waals surface area (Å²) in [5.74, 6) is 0. The highest BCUT2D eigenvalue weighted by Gasteiger charge is 2.32. The molecule has 290 valence electrons. The Morgan fingerprint density at radius 1 is 0.238 bits per heavy atom. The molecule has 1 aromatic heterocycles. The third-order valence-corrected chi connectivity index (χ3v) is 15.0. The molecule has 12 aromatic carbocycles. The van der Waals surface area contributed by atoms with Gasteiger partial charge in [0.15, 0.2) is 0 Å². The smallest absolute Gasteiger partial charge is 0.0434 e. The maximum absolute atomic E-state index is 2.48. The van der Waals surface area contributed by atoms with Crippen LogP contribution in [-0.2, 0) is 0 Å². The van der Waals surface area contributed by atoms with Crippen molar-refractivity contribution in [3.8, 4) is 66.8 Å². The molecule has 1 heterocycles. The quantitative estimate of drug-likeness (QED) is 0.166. The topological polar surface area (TPSA) is 0 Å². The van der Waals surface area contributed by atoms with E-state index in [1.54, 1.807) is 0 Å². The van der Waals surface area contributed by atoms with Crippen molar-refractivity contribution in [2.45, 2.75) is 0 Å². The summed E-state index contributed by atoms with van der Waals surface area (Å²) >= 11 is 1.91. The summed E-state index contributed by atoms with van der Waals surface area (Å²) in [6.45, 7) is 0. The van der Waals surface area contributed by atoms with E-state index < -0.39 is 0 Å². The predicted octanol–water partition coefficient (Wildman–Crippen LogP) is 18.1. The highest BCUT2D eigenvalue weighted by molar-refractivity contribution is 7.26. The lowest BCUT2D eigenvalue weighted by Crippen LogP contribution is -1.94. The maximum atomic E-state index is 2.48. The van der Waals surface area contributed by atoms with Gasteiger partial charge in [-0.15, -0.1) is 11.3 Å². The largest absolute Gasteiger partial charge is 0.135 e. The van der Waals surface area contributed by atoms with Crippen molar-refractivity contribution in [1.29, 1.82) is 0 Å². The number of fused-ring (bicyclic) bond motifs is 10. The average molecular weight is 813 g/mol. The van der Waals surface area contributed by atoms with Crippen LogP contribution in [0.25, 0.3) is 141 Å². The fraction of sp³-hybridized carbons (Fsp3) is 0. The zero-order chi connectivity index (χ0) is 41.2. The van der Waals surface area contributed by atoms with Gasteiger partial charge in [-0.05, 0) is 133 Å². The van der Waals surface area contributed by atoms with Crippen molar-refractivity contribution in [2.75, 3.05) is 0 Å². The van der Waals surface area contributed by atoms with Crippen LogP contribution >= 0.6 is 11.3 Å². The standard InChI is InChI=1S/C62H36S/c1-4-21-41-37(15-1)18-11-27-44(41)40-35-54(62-55(36-40)46-24-9-10-32-56(46)63-62)45-33-34-53-57-49(45)30-14-31-52(57)60-58(47-28-12-19-38-16-2-5-22-42(38)47)50-25-7-8-26-51(50)59(61(53)60)48-29-13-20-39-17-3-6-23-43(39)48/h1-36H. The summed E-state index contributed by atoms with van der Waals surface area (Å²) in [5.41, 5.74) is 15.4. The number of hydrogen-bond acceptors (Lipinski definition) is 1. The minimum atomic E-state index is 1.24. The molecule has 0 spiro atoms. The molecule has 0 amide bonds. The van der Waals surface area contributed by atoms with E-state index in [1.807, 2.05) is 11.3 Å². The van der Waals surface area contributed by atoms with E-state index in [0.29, 0.717) is 0 Å². The van der Waals surface area contributed by atoms with E-state index in [2.05, 4.69) is 218 Å². The Labute approximate surface area is 368 Å². The minimum Gasteiger partial charge on any atom is -0.135 e. The van der Waals surface area contributed by atoms with Gasteiger partial charge >= 0.3 is 0 Å². The summed E-state index contributed by atoms with van der Waals surface area (Å²) in [6, 6.07) is 81.8. The fourth-order valence-electron chi connectivity index (χ4n) is 11.1. The summed E-state index contributed by atoms with van der Waals surface area (Å²) in [4.78, 5) is 0. The summed E-state index contributed by atoms with van der Waals surface area (Å²) in [5, 5.41) is 15.3. The first-order valence-corrected chi connectivity index (χ1v) is 22.7. The van der Waals surface area contributed by atoms with Gasteiger partial charge in [-0.2, -0.15) is 0 Å². The first-order chi connectivity index (χ1) is 31.3. The summed E-state index contributed by atoms with van der Waals surface area (Å²) < 4.78 is 2.64. The van der Waals surface area contributed by atoms with Crippen molar-refractivity contribution in [3.63, 3.8) is 0 Å². The van der Waals surface area contributed by atoms with Gasteiger partial charge in [0.25, 0.3) is 0 Å². The molecule has 0 unspecified atom stereocenters. The highest BCUT2D eigenvalue weighted by atomic mass is 32.1. The fourth-order valence-corrected chi connectivity index (χ4v) is 12.4. The van der Waals surface area contributed by atoms with E-state index >= 15 is 0 Å². The maximum Gasteiger partial charge on any atom is 0.0434 e. The molecule has 0 saturated heterocycles. The van der Waals surface area contributed by atoms with Crippen LogP contribution in [0.1, 0.15) is 0 Å². The first-order valence-electron chi connectivity index (χ1n) is 21.8. The van der Waals surface area contributed by atoms with Crippen LogP contribution in [0, 0.1) is 0 Å². The molecule has 1 aliphatic carbocycles. The van der Waals surface area contributed by atoms with Gasteiger partial charge < -0.3 is 0 Å². The van der Waals surface area contributed by atoms with Gasteiger partial charge in [0, 0.05) is 25.7 Å². The molecule has 0 fully saturated rings. The van der Waals surface area contributed by atoms with Crippen LogP contribution < -0.4 is 0 Å². The predicted molar refractivity (Wildman–Crippen MR) is 273 cm³/mol. The second-order valence-corrected chi connectivity index (χ2v) is 18.1. The number of hydrogen-bond donors (Lipinski definition) is 0. The molecule has 1 heteroatoms. The third-order valence-electron chi connectivity index (χ3n) is 13.8. The monoisotopic (exact) mass is 812 g/mol. The van der Waals surface area contributed by atoms with E-state index in [0.717, 1.165) is 0 Å². The zero-order valence-corrected chi connectivity index (χ0v) is 35.0. The summed E-state index contributed by atoms with van der Waals surface area (Å²) in [7, 11) is 0. The zero-order valence-electron chi connectivity index (χ0n) is 34.2. The average Bonchev–Trinajstić information content (AvgIpc) is 3.89. The van der Waals surface area contributed by atoms with Crippen molar-refractivity contribution in [3.05, 3.63) is 218 Å². The van der Waals surface area contributed by atoms with Crippen molar-refractivity contribution >= 4 is 85.4 Å². The molecular weight excluding hydrogens is 777 g/mol. The van der Waals surface area contributed by atoms with E-state index in [1.165, 1.54) is 141 Å². The van der Waals surface area contributed by atoms with Crippen molar-refractivity contribution in [1.82, 2.24) is 0 Å². The number of benzene rings is 12. The third kappa shape index (κ3) is 4.97. The molecule has 0 saturated carbocycles. The first kappa shape index (κ1) is 34.8. The molecule has 0 atom stereocenters. The van der Waals surface area contributed by atoms with Gasteiger partial charge in [0.1, 0.15) is 0 Å². The Balaban J connectivity index is 1.13. The Bertz CT molecular complexity index is 3940. The van der Waals surface area contributed by atoms with Crippen LogP contribution in [0.15, 0.2) is 218 Å². The van der Waals surface area contributed by atoms with E-state index in [9.17, 15) is 0 Å². The Morgan fingerprint density at radius 2 is 0.667 bits per heavy atom. The van der Waals surface area contributed by atoms with Crippen LogP contribution in [0.5, 0.6) is 0 Å². The van der Waals surface area contributed by atoms with Gasteiger partial charge in [-0.25, -0.2) is 0 Å². The lowest BCUT2D eigenvalue weighted by molar-refractivity contribution is 1.65. The molecule has 1 aliphatic rings. The van der Waals surface area contributed by atoms with Crippen LogP contribution in [0.3, 0.4) is 0 Å². The van der Waals surface area contributed by atoms with E-state index in [4.69, 9.17) is 0 Å². The number of rotatable bonds is 4. The second-order valence-electron chi connectivity index (χ2n) is 17.0. The highest BCUT2D eigenvalue weighted by Crippen LogP contribution is 2.60. The van der Waals surface area contributed by atoms with Crippen molar-refractivity contribution in [2.24, 2.45) is 0 Å². The number of thiophene rings is 1. The Kier molecular flexibility index (Phi) is 7.37. The second kappa shape index (κ2) is 13.3. The molecule has 0 radical (unpaired) electrons. The molecule has 0 nitrogen and oxygen atoms in total. The van der Waals surface area contributed by atoms with Gasteiger partial charge in [-0.1, -0.05) is 200 Å². The Morgan fingerprint density at radius 3 is 1.29 bits per heavy atom.